The number of ether oxygens (including phenoxy) is 3. The van der Waals surface area contributed by atoms with Gasteiger partial charge in [-0.25, -0.2) is 9.98 Å². The highest BCUT2D eigenvalue weighted by atomic mass is 127. The van der Waals surface area contributed by atoms with Gasteiger partial charge >= 0.3 is 0 Å². The first-order valence-electron chi connectivity index (χ1n) is 8.55. The zero-order valence-corrected chi connectivity index (χ0v) is 18.4. The van der Waals surface area contributed by atoms with Gasteiger partial charge in [-0.05, 0) is 32.0 Å². The zero-order valence-electron chi connectivity index (χ0n) is 16.1. The van der Waals surface area contributed by atoms with E-state index in [1.165, 1.54) is 0 Å². The van der Waals surface area contributed by atoms with Gasteiger partial charge < -0.3 is 24.8 Å². The minimum Gasteiger partial charge on any atom is -0.493 e. The molecular formula is C19H27IN4O3. The van der Waals surface area contributed by atoms with Crippen molar-refractivity contribution in [3.63, 3.8) is 0 Å². The van der Waals surface area contributed by atoms with Crippen molar-refractivity contribution in [2.75, 3.05) is 32.7 Å². The largest absolute Gasteiger partial charge is 0.493 e. The molecule has 8 heteroatoms. The van der Waals surface area contributed by atoms with Crippen LogP contribution in [-0.4, -0.2) is 38.3 Å². The van der Waals surface area contributed by atoms with E-state index in [-0.39, 0.29) is 24.0 Å². The highest BCUT2D eigenvalue weighted by Crippen LogP contribution is 2.29. The molecule has 2 aromatic rings. The molecule has 1 heterocycles. The average Bonchev–Trinajstić information content (AvgIpc) is 2.67. The molecule has 7 nitrogen and oxygen atoms in total. The Balaban J connectivity index is 0.00000364. The van der Waals surface area contributed by atoms with Gasteiger partial charge in [0.15, 0.2) is 17.5 Å². The number of aromatic nitrogens is 1. The van der Waals surface area contributed by atoms with E-state index in [1.807, 2.05) is 44.2 Å². The van der Waals surface area contributed by atoms with Crippen LogP contribution < -0.4 is 24.8 Å². The van der Waals surface area contributed by atoms with Gasteiger partial charge in [-0.2, -0.15) is 0 Å². The normalized spacial score (nSPS) is 10.6. The number of aliphatic imine (C=N–C) groups is 1. The first kappa shape index (κ1) is 22.8. The Morgan fingerprint density at radius 2 is 1.89 bits per heavy atom. The number of benzene rings is 1. The summed E-state index contributed by atoms with van der Waals surface area (Å²) in [6, 6.07) is 9.45. The van der Waals surface area contributed by atoms with Crippen molar-refractivity contribution < 1.29 is 14.2 Å². The van der Waals surface area contributed by atoms with Crippen LogP contribution in [0.25, 0.3) is 0 Å². The summed E-state index contributed by atoms with van der Waals surface area (Å²) < 4.78 is 16.2. The van der Waals surface area contributed by atoms with Gasteiger partial charge in [0.2, 0.25) is 5.88 Å². The number of guanidine groups is 1. The van der Waals surface area contributed by atoms with Gasteiger partial charge in [0, 0.05) is 30.1 Å². The second-order valence-electron chi connectivity index (χ2n) is 5.29. The van der Waals surface area contributed by atoms with Crippen molar-refractivity contribution in [3.8, 4) is 17.4 Å². The Kier molecular flexibility index (Phi) is 10.3. The van der Waals surface area contributed by atoms with Crippen molar-refractivity contribution in [1.29, 1.82) is 0 Å². The Labute approximate surface area is 177 Å². The molecule has 0 aliphatic heterocycles. The lowest BCUT2D eigenvalue weighted by atomic mass is 10.2. The second kappa shape index (κ2) is 12.2. The fourth-order valence-electron chi connectivity index (χ4n) is 2.33. The summed E-state index contributed by atoms with van der Waals surface area (Å²) in [5, 5.41) is 6.49. The van der Waals surface area contributed by atoms with Gasteiger partial charge in [-0.3, -0.25) is 0 Å². The number of hydrogen-bond donors (Lipinski definition) is 2. The van der Waals surface area contributed by atoms with Gasteiger partial charge in [-0.15, -0.1) is 24.0 Å². The minimum atomic E-state index is 0. The van der Waals surface area contributed by atoms with E-state index in [9.17, 15) is 0 Å². The lowest BCUT2D eigenvalue weighted by Crippen LogP contribution is -2.30. The molecule has 0 amide bonds. The maximum Gasteiger partial charge on any atom is 0.218 e. The van der Waals surface area contributed by atoms with E-state index in [0.29, 0.717) is 36.5 Å². The van der Waals surface area contributed by atoms with E-state index < -0.39 is 0 Å². The molecule has 0 fully saturated rings. The summed E-state index contributed by atoms with van der Waals surface area (Å²) in [5.41, 5.74) is 1.78. The molecule has 0 saturated heterocycles. The Bertz CT molecular complexity index is 741. The number of nitrogens with zero attached hydrogens (tertiary/aromatic N) is 2. The molecular weight excluding hydrogens is 459 g/mol. The maximum atomic E-state index is 5.55. The number of pyridine rings is 1. The van der Waals surface area contributed by atoms with Crippen LogP contribution in [0.2, 0.25) is 0 Å². The number of nitrogens with one attached hydrogen (secondary N) is 2. The van der Waals surface area contributed by atoms with Gasteiger partial charge in [-0.1, -0.05) is 6.07 Å². The molecule has 0 aliphatic carbocycles. The van der Waals surface area contributed by atoms with Crippen molar-refractivity contribution in [2.45, 2.75) is 20.4 Å². The first-order chi connectivity index (χ1) is 12.7. The third-order valence-corrected chi connectivity index (χ3v) is 3.53. The second-order valence-corrected chi connectivity index (χ2v) is 5.29. The van der Waals surface area contributed by atoms with Gasteiger partial charge in [0.05, 0.1) is 27.4 Å². The number of anilines is 1. The molecule has 1 aromatic heterocycles. The monoisotopic (exact) mass is 486 g/mol. The maximum absolute atomic E-state index is 5.55. The topological polar surface area (TPSA) is 77.0 Å². The number of rotatable bonds is 8. The summed E-state index contributed by atoms with van der Waals surface area (Å²) in [6.07, 6.45) is 1.71. The Morgan fingerprint density at radius 3 is 2.56 bits per heavy atom. The molecule has 1 aromatic carbocycles. The van der Waals surface area contributed by atoms with Crippen molar-refractivity contribution >= 4 is 35.6 Å². The van der Waals surface area contributed by atoms with Crippen LogP contribution in [0.4, 0.5) is 5.69 Å². The third kappa shape index (κ3) is 6.78. The standard InChI is InChI=1S/C19H26N4O3.HI/c1-5-20-19(22-13-14-8-7-11-21-18(14)26-6-2)23-15-9-10-16(24-3)17(12-15)25-4;/h7-12H,5-6,13H2,1-4H3,(H2,20,22,23);1H. The van der Waals surface area contributed by atoms with Crippen molar-refractivity contribution in [3.05, 3.63) is 42.1 Å². The molecule has 27 heavy (non-hydrogen) atoms. The lowest BCUT2D eigenvalue weighted by molar-refractivity contribution is 0.323. The molecule has 0 radical (unpaired) electrons. The predicted octanol–water partition coefficient (Wildman–Crippen LogP) is 3.69. The quantitative estimate of drug-likeness (QED) is 0.337. The van der Waals surface area contributed by atoms with Gasteiger partial charge in [0.25, 0.3) is 0 Å². The van der Waals surface area contributed by atoms with E-state index in [0.717, 1.165) is 17.8 Å². The van der Waals surface area contributed by atoms with Crippen LogP contribution in [0.5, 0.6) is 17.4 Å². The highest BCUT2D eigenvalue weighted by molar-refractivity contribution is 14.0. The molecule has 2 rings (SSSR count). The fraction of sp³-hybridized carbons (Fsp3) is 0.368. The van der Waals surface area contributed by atoms with Crippen LogP contribution in [0.1, 0.15) is 19.4 Å². The summed E-state index contributed by atoms with van der Waals surface area (Å²) in [6.45, 7) is 5.71. The first-order valence-corrected chi connectivity index (χ1v) is 8.55. The van der Waals surface area contributed by atoms with Gasteiger partial charge in [0.1, 0.15) is 0 Å². The molecule has 0 aliphatic rings. The Hall–Kier alpha value is -2.23. The van der Waals surface area contributed by atoms with E-state index in [4.69, 9.17) is 14.2 Å². The van der Waals surface area contributed by atoms with E-state index in [2.05, 4.69) is 20.6 Å². The zero-order chi connectivity index (χ0) is 18.8. The SMILES string of the molecule is CCNC(=NCc1cccnc1OCC)Nc1ccc(OC)c(OC)c1.I. The summed E-state index contributed by atoms with van der Waals surface area (Å²) in [7, 11) is 3.22. The molecule has 2 N–H and O–H groups in total. The van der Waals surface area contributed by atoms with E-state index in [1.54, 1.807) is 20.4 Å². The lowest BCUT2D eigenvalue weighted by Gasteiger charge is -2.14. The van der Waals surface area contributed by atoms with Crippen LogP contribution in [0, 0.1) is 0 Å². The smallest absolute Gasteiger partial charge is 0.218 e. The predicted molar refractivity (Wildman–Crippen MR) is 119 cm³/mol. The number of hydrogen-bond acceptors (Lipinski definition) is 5. The van der Waals surface area contributed by atoms with E-state index >= 15 is 0 Å². The number of methoxy groups -OCH3 is 2. The van der Waals surface area contributed by atoms with Crippen LogP contribution in [0.3, 0.4) is 0 Å². The van der Waals surface area contributed by atoms with Crippen molar-refractivity contribution in [1.82, 2.24) is 10.3 Å². The molecule has 0 atom stereocenters. The summed E-state index contributed by atoms with van der Waals surface area (Å²) >= 11 is 0. The molecule has 148 valence electrons. The molecule has 0 unspecified atom stereocenters. The molecule has 0 bridgehead atoms. The van der Waals surface area contributed by atoms with Crippen LogP contribution in [0.15, 0.2) is 41.5 Å². The summed E-state index contributed by atoms with van der Waals surface area (Å²) in [4.78, 5) is 8.88. The van der Waals surface area contributed by atoms with Crippen LogP contribution >= 0.6 is 24.0 Å². The highest BCUT2D eigenvalue weighted by Gasteiger charge is 2.07. The Morgan fingerprint density at radius 1 is 1.11 bits per heavy atom. The minimum absolute atomic E-state index is 0. The van der Waals surface area contributed by atoms with Crippen LogP contribution in [-0.2, 0) is 6.54 Å². The average molecular weight is 486 g/mol. The molecule has 0 spiro atoms. The molecule has 0 saturated carbocycles. The number of halogens is 1. The third-order valence-electron chi connectivity index (χ3n) is 3.53. The summed E-state index contributed by atoms with van der Waals surface area (Å²) in [5.74, 6) is 2.60. The fourth-order valence-corrected chi connectivity index (χ4v) is 2.33. The van der Waals surface area contributed by atoms with Crippen molar-refractivity contribution in [2.24, 2.45) is 4.99 Å².